The number of hydrogen-bond acceptors (Lipinski definition) is 4. The number of rotatable bonds is 5. The fourth-order valence-electron chi connectivity index (χ4n) is 2.75. The number of benzene rings is 1. The van der Waals surface area contributed by atoms with Gasteiger partial charge in [0, 0.05) is 50.0 Å². The third-order valence-electron chi connectivity index (χ3n) is 4.49. The molecule has 4 nitrogen and oxygen atoms in total. The summed E-state index contributed by atoms with van der Waals surface area (Å²) in [5, 5.41) is 3.35. The molecule has 1 aromatic rings. The van der Waals surface area contributed by atoms with E-state index in [1.807, 2.05) is 13.1 Å². The van der Waals surface area contributed by atoms with Crippen molar-refractivity contribution in [3.05, 3.63) is 24.3 Å². The van der Waals surface area contributed by atoms with E-state index in [9.17, 15) is 0 Å². The van der Waals surface area contributed by atoms with Gasteiger partial charge in [-0.05, 0) is 33.0 Å². The number of ether oxygens (including phenoxy) is 1. The van der Waals surface area contributed by atoms with Crippen molar-refractivity contribution in [2.45, 2.75) is 25.9 Å². The lowest BCUT2D eigenvalue weighted by Gasteiger charge is -2.41. The van der Waals surface area contributed by atoms with Crippen LogP contribution in [-0.4, -0.2) is 57.3 Å². The van der Waals surface area contributed by atoms with Gasteiger partial charge in [-0.3, -0.25) is 4.90 Å². The van der Waals surface area contributed by atoms with Crippen LogP contribution in [0.15, 0.2) is 24.3 Å². The minimum atomic E-state index is 0.526. The zero-order chi connectivity index (χ0) is 14.5. The van der Waals surface area contributed by atoms with Gasteiger partial charge in [-0.25, -0.2) is 0 Å². The molecule has 112 valence electrons. The molecule has 0 amide bonds. The van der Waals surface area contributed by atoms with Crippen LogP contribution in [0.3, 0.4) is 0 Å². The number of hydrogen-bond donors (Lipinski definition) is 1. The molecule has 0 aromatic heterocycles. The van der Waals surface area contributed by atoms with Gasteiger partial charge < -0.3 is 15.0 Å². The molecule has 0 saturated carbocycles. The summed E-state index contributed by atoms with van der Waals surface area (Å²) in [6.07, 6.45) is 0. The standard InChI is InChI=1S/C16H27N3O/c1-13(17-3)14(2)18-8-10-19(11-9-18)15-6-5-7-16(12-15)20-4/h5-7,12-14,17H,8-11H2,1-4H3. The maximum absolute atomic E-state index is 5.31. The van der Waals surface area contributed by atoms with E-state index >= 15 is 0 Å². The lowest BCUT2D eigenvalue weighted by atomic mass is 10.1. The molecule has 1 aliphatic heterocycles. The predicted octanol–water partition coefficient (Wildman–Crippen LogP) is 1.81. The van der Waals surface area contributed by atoms with Gasteiger partial charge in [-0.15, -0.1) is 0 Å². The van der Waals surface area contributed by atoms with Crippen molar-refractivity contribution in [2.24, 2.45) is 0 Å². The van der Waals surface area contributed by atoms with Crippen LogP contribution in [0.2, 0.25) is 0 Å². The third-order valence-corrected chi connectivity index (χ3v) is 4.49. The quantitative estimate of drug-likeness (QED) is 0.888. The summed E-state index contributed by atoms with van der Waals surface area (Å²) in [4.78, 5) is 5.01. The fraction of sp³-hybridized carbons (Fsp3) is 0.625. The molecule has 0 spiro atoms. The van der Waals surface area contributed by atoms with Crippen molar-refractivity contribution in [1.29, 1.82) is 0 Å². The third kappa shape index (κ3) is 3.44. The van der Waals surface area contributed by atoms with Gasteiger partial charge >= 0.3 is 0 Å². The van der Waals surface area contributed by atoms with Gasteiger partial charge in [0.1, 0.15) is 5.75 Å². The van der Waals surface area contributed by atoms with Crippen LogP contribution < -0.4 is 15.0 Å². The van der Waals surface area contributed by atoms with Crippen LogP contribution in [0, 0.1) is 0 Å². The largest absolute Gasteiger partial charge is 0.497 e. The predicted molar refractivity (Wildman–Crippen MR) is 84.8 cm³/mol. The summed E-state index contributed by atoms with van der Waals surface area (Å²) in [6.45, 7) is 8.94. The summed E-state index contributed by atoms with van der Waals surface area (Å²) < 4.78 is 5.31. The summed E-state index contributed by atoms with van der Waals surface area (Å²) in [6, 6.07) is 9.45. The number of likely N-dealkylation sites (N-methyl/N-ethyl adjacent to an activating group) is 1. The fourth-order valence-corrected chi connectivity index (χ4v) is 2.75. The molecule has 1 N–H and O–H groups in total. The van der Waals surface area contributed by atoms with Crippen LogP contribution in [0.25, 0.3) is 0 Å². The van der Waals surface area contributed by atoms with Crippen molar-refractivity contribution in [1.82, 2.24) is 10.2 Å². The molecule has 2 rings (SSSR count). The molecule has 0 aliphatic carbocycles. The van der Waals surface area contributed by atoms with Crippen LogP contribution in [-0.2, 0) is 0 Å². The zero-order valence-electron chi connectivity index (χ0n) is 13.1. The highest BCUT2D eigenvalue weighted by molar-refractivity contribution is 5.51. The summed E-state index contributed by atoms with van der Waals surface area (Å²) in [7, 11) is 3.76. The monoisotopic (exact) mass is 277 g/mol. The first-order valence-corrected chi connectivity index (χ1v) is 7.46. The van der Waals surface area contributed by atoms with Crippen molar-refractivity contribution in [3.8, 4) is 5.75 Å². The first kappa shape index (κ1) is 15.1. The number of piperazine rings is 1. The van der Waals surface area contributed by atoms with Crippen LogP contribution >= 0.6 is 0 Å². The van der Waals surface area contributed by atoms with Gasteiger partial charge in [0.05, 0.1) is 7.11 Å². The van der Waals surface area contributed by atoms with Crippen molar-refractivity contribution < 1.29 is 4.74 Å². The number of anilines is 1. The second-order valence-electron chi connectivity index (χ2n) is 5.54. The molecular formula is C16H27N3O. The highest BCUT2D eigenvalue weighted by atomic mass is 16.5. The van der Waals surface area contributed by atoms with E-state index < -0.39 is 0 Å². The molecule has 1 heterocycles. The number of methoxy groups -OCH3 is 1. The van der Waals surface area contributed by atoms with Crippen LogP contribution in [0.1, 0.15) is 13.8 Å². The van der Waals surface area contributed by atoms with E-state index in [1.165, 1.54) is 5.69 Å². The van der Waals surface area contributed by atoms with Crippen molar-refractivity contribution in [2.75, 3.05) is 45.2 Å². The Bertz CT molecular complexity index is 416. The van der Waals surface area contributed by atoms with Gasteiger partial charge in [0.15, 0.2) is 0 Å². The molecule has 1 aromatic carbocycles. The first-order chi connectivity index (χ1) is 9.65. The highest BCUT2D eigenvalue weighted by Gasteiger charge is 2.24. The first-order valence-electron chi connectivity index (χ1n) is 7.46. The van der Waals surface area contributed by atoms with Gasteiger partial charge in [0.2, 0.25) is 0 Å². The average Bonchev–Trinajstić information content (AvgIpc) is 2.53. The summed E-state index contributed by atoms with van der Waals surface area (Å²) >= 11 is 0. The Hall–Kier alpha value is -1.26. The van der Waals surface area contributed by atoms with E-state index in [1.54, 1.807) is 7.11 Å². The highest BCUT2D eigenvalue weighted by Crippen LogP contribution is 2.22. The number of nitrogens with zero attached hydrogens (tertiary/aromatic N) is 2. The molecule has 1 aliphatic rings. The molecule has 20 heavy (non-hydrogen) atoms. The van der Waals surface area contributed by atoms with Crippen LogP contribution in [0.5, 0.6) is 5.75 Å². The molecule has 1 saturated heterocycles. The second-order valence-corrected chi connectivity index (χ2v) is 5.54. The SMILES string of the molecule is CNC(C)C(C)N1CCN(c2cccc(OC)c2)CC1. The van der Waals surface area contributed by atoms with E-state index in [2.05, 4.69) is 47.2 Å². The van der Waals surface area contributed by atoms with Gasteiger partial charge in [0.25, 0.3) is 0 Å². The molecule has 0 radical (unpaired) electrons. The molecule has 4 heteroatoms. The summed E-state index contributed by atoms with van der Waals surface area (Å²) in [5.41, 5.74) is 1.26. The maximum atomic E-state index is 5.31. The Labute approximate surface area is 122 Å². The smallest absolute Gasteiger partial charge is 0.120 e. The molecular weight excluding hydrogens is 250 g/mol. The van der Waals surface area contributed by atoms with Gasteiger partial charge in [-0.1, -0.05) is 6.07 Å². The molecule has 2 unspecified atom stereocenters. The topological polar surface area (TPSA) is 27.7 Å². The van der Waals surface area contributed by atoms with Crippen LogP contribution in [0.4, 0.5) is 5.69 Å². The Morgan fingerprint density at radius 2 is 1.85 bits per heavy atom. The maximum Gasteiger partial charge on any atom is 0.120 e. The number of nitrogens with one attached hydrogen (secondary N) is 1. The van der Waals surface area contributed by atoms with Crippen molar-refractivity contribution in [3.63, 3.8) is 0 Å². The minimum absolute atomic E-state index is 0.526. The second kappa shape index (κ2) is 6.95. The zero-order valence-corrected chi connectivity index (χ0v) is 13.1. The van der Waals surface area contributed by atoms with E-state index in [0.29, 0.717) is 12.1 Å². The lowest BCUT2D eigenvalue weighted by molar-refractivity contribution is 0.168. The van der Waals surface area contributed by atoms with Gasteiger partial charge in [-0.2, -0.15) is 0 Å². The minimum Gasteiger partial charge on any atom is -0.497 e. The average molecular weight is 277 g/mol. The Morgan fingerprint density at radius 3 is 2.45 bits per heavy atom. The van der Waals surface area contributed by atoms with Crippen molar-refractivity contribution >= 4 is 5.69 Å². The summed E-state index contributed by atoms with van der Waals surface area (Å²) in [5.74, 6) is 0.933. The molecule has 2 atom stereocenters. The normalized spacial score (nSPS) is 19.7. The Balaban J connectivity index is 1.93. The van der Waals surface area contributed by atoms with E-state index in [4.69, 9.17) is 4.74 Å². The Kier molecular flexibility index (Phi) is 5.26. The van der Waals surface area contributed by atoms with E-state index in [0.717, 1.165) is 31.9 Å². The van der Waals surface area contributed by atoms with E-state index in [-0.39, 0.29) is 0 Å². The Morgan fingerprint density at radius 1 is 1.15 bits per heavy atom. The molecule has 1 fully saturated rings. The lowest BCUT2D eigenvalue weighted by Crippen LogP contribution is -2.54. The molecule has 0 bridgehead atoms.